The van der Waals surface area contributed by atoms with Crippen LogP contribution in [0.25, 0.3) is 0 Å². The van der Waals surface area contributed by atoms with Crippen LogP contribution in [0, 0.1) is 0 Å². The summed E-state index contributed by atoms with van der Waals surface area (Å²) in [6.07, 6.45) is 2.47. The highest BCUT2D eigenvalue weighted by molar-refractivity contribution is 7.99. The van der Waals surface area contributed by atoms with Crippen LogP contribution in [-0.2, 0) is 21.9 Å². The molecule has 0 aliphatic rings. The lowest BCUT2D eigenvalue weighted by atomic mass is 10.1. The summed E-state index contributed by atoms with van der Waals surface area (Å²) in [6.45, 7) is 5.00. The molecule has 0 saturated heterocycles. The van der Waals surface area contributed by atoms with Crippen LogP contribution in [0.2, 0.25) is 5.02 Å². The second kappa shape index (κ2) is 14.1. The van der Waals surface area contributed by atoms with Crippen molar-refractivity contribution in [1.29, 1.82) is 0 Å². The van der Waals surface area contributed by atoms with Crippen molar-refractivity contribution >= 4 is 35.2 Å². The molecule has 0 heterocycles. The Labute approximate surface area is 200 Å². The molecule has 0 bridgehead atoms. The van der Waals surface area contributed by atoms with Crippen LogP contribution in [0.15, 0.2) is 48.5 Å². The van der Waals surface area contributed by atoms with Crippen LogP contribution in [0.1, 0.15) is 44.2 Å². The molecule has 2 aromatic carbocycles. The summed E-state index contributed by atoms with van der Waals surface area (Å²) < 4.78 is 5.32. The predicted octanol–water partition coefficient (Wildman–Crippen LogP) is 5.31. The first-order chi connectivity index (χ1) is 15.5. The number of carbonyl (C=O) groups is 2. The number of ether oxygens (including phenoxy) is 1. The highest BCUT2D eigenvalue weighted by Gasteiger charge is 2.28. The van der Waals surface area contributed by atoms with Crippen LogP contribution in [0.4, 0.5) is 0 Å². The van der Waals surface area contributed by atoms with Crippen LogP contribution in [0.5, 0.6) is 5.75 Å². The van der Waals surface area contributed by atoms with E-state index in [-0.39, 0.29) is 17.6 Å². The molecule has 0 saturated carbocycles. The lowest BCUT2D eigenvalue weighted by molar-refractivity contribution is -0.139. The lowest BCUT2D eigenvalue weighted by Gasteiger charge is -2.30. The van der Waals surface area contributed by atoms with Gasteiger partial charge >= 0.3 is 0 Å². The van der Waals surface area contributed by atoms with E-state index in [1.165, 1.54) is 11.8 Å². The van der Waals surface area contributed by atoms with E-state index in [0.717, 1.165) is 29.7 Å². The molecule has 0 aliphatic heterocycles. The van der Waals surface area contributed by atoms with Crippen molar-refractivity contribution in [2.24, 2.45) is 0 Å². The number of hydrogen-bond donors (Lipinski definition) is 1. The number of thioether (sulfide) groups is 1. The largest absolute Gasteiger partial charge is 0.497 e. The maximum atomic E-state index is 13.3. The first-order valence-corrected chi connectivity index (χ1v) is 12.5. The van der Waals surface area contributed by atoms with Crippen molar-refractivity contribution in [2.75, 3.05) is 19.4 Å². The Morgan fingerprint density at radius 2 is 1.88 bits per heavy atom. The number of rotatable bonds is 13. The first kappa shape index (κ1) is 26.1. The molecule has 0 aliphatic carbocycles. The SMILES string of the molecule is CCCCNC(=O)C(CC)N(Cc1cccc(OC)c1)C(=O)CSCc1cccc(Cl)c1. The van der Waals surface area contributed by atoms with Crippen molar-refractivity contribution < 1.29 is 14.3 Å². The molecule has 0 radical (unpaired) electrons. The maximum absolute atomic E-state index is 13.3. The third-order valence-electron chi connectivity index (χ3n) is 5.09. The molecule has 2 aromatic rings. The summed E-state index contributed by atoms with van der Waals surface area (Å²) in [5, 5.41) is 3.67. The van der Waals surface area contributed by atoms with Gasteiger partial charge in [-0.25, -0.2) is 0 Å². The van der Waals surface area contributed by atoms with E-state index >= 15 is 0 Å². The van der Waals surface area contributed by atoms with Gasteiger partial charge in [0.2, 0.25) is 11.8 Å². The van der Waals surface area contributed by atoms with Crippen LogP contribution >= 0.6 is 23.4 Å². The number of amides is 2. The second-order valence-electron chi connectivity index (χ2n) is 7.56. The standard InChI is InChI=1S/C25H33ClN2O3S/c1-4-6-13-27-25(30)23(5-2)28(16-19-9-8-12-22(15-19)31-3)24(29)18-32-17-20-10-7-11-21(26)14-20/h7-12,14-15,23H,4-6,13,16-18H2,1-3H3,(H,27,30). The zero-order valence-corrected chi connectivity index (χ0v) is 20.7. The fourth-order valence-corrected chi connectivity index (χ4v) is 4.43. The molecule has 0 spiro atoms. The fraction of sp³-hybridized carbons (Fsp3) is 0.440. The van der Waals surface area contributed by atoms with Crippen LogP contribution in [-0.4, -0.2) is 42.2 Å². The third-order valence-corrected chi connectivity index (χ3v) is 6.31. The summed E-state index contributed by atoms with van der Waals surface area (Å²) in [4.78, 5) is 27.8. The summed E-state index contributed by atoms with van der Waals surface area (Å²) in [5.41, 5.74) is 2.00. The molecule has 1 N–H and O–H groups in total. The van der Waals surface area contributed by atoms with Crippen LogP contribution < -0.4 is 10.1 Å². The molecule has 32 heavy (non-hydrogen) atoms. The first-order valence-electron chi connectivity index (χ1n) is 11.0. The quantitative estimate of drug-likeness (QED) is 0.398. The van der Waals surface area contributed by atoms with E-state index in [1.807, 2.05) is 55.5 Å². The van der Waals surface area contributed by atoms with Crippen molar-refractivity contribution in [2.45, 2.75) is 51.4 Å². The zero-order valence-electron chi connectivity index (χ0n) is 19.1. The molecule has 0 aromatic heterocycles. The van der Waals surface area contributed by atoms with Crippen molar-refractivity contribution in [1.82, 2.24) is 10.2 Å². The number of halogens is 1. The van der Waals surface area contributed by atoms with E-state index in [0.29, 0.717) is 30.3 Å². The van der Waals surface area contributed by atoms with E-state index in [4.69, 9.17) is 16.3 Å². The Morgan fingerprint density at radius 3 is 2.56 bits per heavy atom. The molecule has 2 rings (SSSR count). The summed E-state index contributed by atoms with van der Waals surface area (Å²) in [6, 6.07) is 14.7. The van der Waals surface area contributed by atoms with Gasteiger partial charge < -0.3 is 15.0 Å². The molecular weight excluding hydrogens is 444 g/mol. The minimum atomic E-state index is -0.516. The molecule has 174 valence electrons. The fourth-order valence-electron chi connectivity index (χ4n) is 3.36. The predicted molar refractivity (Wildman–Crippen MR) is 133 cm³/mol. The number of nitrogens with one attached hydrogen (secondary N) is 1. The number of nitrogens with zero attached hydrogens (tertiary/aromatic N) is 1. The van der Waals surface area contributed by atoms with E-state index in [9.17, 15) is 9.59 Å². The second-order valence-corrected chi connectivity index (χ2v) is 8.99. The van der Waals surface area contributed by atoms with Gasteiger partial charge in [0.05, 0.1) is 12.9 Å². The van der Waals surface area contributed by atoms with Gasteiger partial charge in [0.25, 0.3) is 0 Å². The zero-order chi connectivity index (χ0) is 23.3. The van der Waals surface area contributed by atoms with Crippen molar-refractivity contribution in [3.63, 3.8) is 0 Å². The number of benzene rings is 2. The van der Waals surface area contributed by atoms with Gasteiger partial charge in [0, 0.05) is 23.9 Å². The number of hydrogen-bond acceptors (Lipinski definition) is 4. The van der Waals surface area contributed by atoms with Gasteiger partial charge in [0.1, 0.15) is 11.8 Å². The minimum Gasteiger partial charge on any atom is -0.497 e. The van der Waals surface area contributed by atoms with Gasteiger partial charge in [-0.05, 0) is 48.2 Å². The molecule has 0 fully saturated rings. The average Bonchev–Trinajstić information content (AvgIpc) is 2.79. The monoisotopic (exact) mass is 476 g/mol. The van der Waals surface area contributed by atoms with Crippen molar-refractivity contribution in [3.8, 4) is 5.75 Å². The molecule has 1 unspecified atom stereocenters. The number of unbranched alkanes of at least 4 members (excludes halogenated alkanes) is 1. The average molecular weight is 477 g/mol. The Balaban J connectivity index is 2.13. The van der Waals surface area contributed by atoms with E-state index < -0.39 is 6.04 Å². The highest BCUT2D eigenvalue weighted by atomic mass is 35.5. The normalized spacial score (nSPS) is 11.6. The van der Waals surface area contributed by atoms with E-state index in [2.05, 4.69) is 12.2 Å². The van der Waals surface area contributed by atoms with Gasteiger partial charge in [-0.3, -0.25) is 9.59 Å². The Hall–Kier alpha value is -2.18. The lowest BCUT2D eigenvalue weighted by Crippen LogP contribution is -2.49. The molecule has 2 amide bonds. The topological polar surface area (TPSA) is 58.6 Å². The Kier molecular flexibility index (Phi) is 11.5. The van der Waals surface area contributed by atoms with Crippen LogP contribution in [0.3, 0.4) is 0 Å². The minimum absolute atomic E-state index is 0.0580. The molecule has 7 heteroatoms. The maximum Gasteiger partial charge on any atom is 0.242 e. The number of carbonyl (C=O) groups excluding carboxylic acids is 2. The Bertz CT molecular complexity index is 878. The smallest absolute Gasteiger partial charge is 0.242 e. The van der Waals surface area contributed by atoms with E-state index in [1.54, 1.807) is 12.0 Å². The summed E-state index contributed by atoms with van der Waals surface area (Å²) >= 11 is 7.58. The summed E-state index contributed by atoms with van der Waals surface area (Å²) in [7, 11) is 1.62. The Morgan fingerprint density at radius 1 is 1.12 bits per heavy atom. The number of methoxy groups -OCH3 is 1. The molecule has 5 nitrogen and oxygen atoms in total. The van der Waals surface area contributed by atoms with Gasteiger partial charge in [-0.2, -0.15) is 0 Å². The molecule has 1 atom stereocenters. The van der Waals surface area contributed by atoms with Crippen molar-refractivity contribution in [3.05, 3.63) is 64.7 Å². The summed E-state index contributed by atoms with van der Waals surface area (Å²) in [5.74, 6) is 1.54. The third kappa shape index (κ3) is 8.40. The van der Waals surface area contributed by atoms with Gasteiger partial charge in [0.15, 0.2) is 0 Å². The highest BCUT2D eigenvalue weighted by Crippen LogP contribution is 2.20. The van der Waals surface area contributed by atoms with Gasteiger partial charge in [-0.1, -0.05) is 56.1 Å². The molecular formula is C25H33ClN2O3S. The van der Waals surface area contributed by atoms with Gasteiger partial charge in [-0.15, -0.1) is 11.8 Å².